The average molecular weight is 434 g/mol. The maximum Gasteiger partial charge on any atom is 0.256 e. The highest BCUT2D eigenvalue weighted by atomic mass is 19.1. The van der Waals surface area contributed by atoms with E-state index in [-0.39, 0.29) is 24.6 Å². The van der Waals surface area contributed by atoms with Crippen molar-refractivity contribution in [3.8, 4) is 16.9 Å². The Hall–Kier alpha value is -3.81. The highest BCUT2D eigenvalue weighted by molar-refractivity contribution is 5.98. The van der Waals surface area contributed by atoms with Crippen LogP contribution < -0.4 is 4.74 Å². The Balaban J connectivity index is 1.50. The fraction of sp³-hybridized carbons (Fsp3) is 0.208. The summed E-state index contributed by atoms with van der Waals surface area (Å²) in [4.78, 5) is 18.1. The smallest absolute Gasteiger partial charge is 0.256 e. The number of halogens is 2. The van der Waals surface area contributed by atoms with E-state index in [1.165, 1.54) is 17.0 Å². The van der Waals surface area contributed by atoms with Gasteiger partial charge in [0.1, 0.15) is 22.9 Å². The largest absolute Gasteiger partial charge is 0.492 e. The van der Waals surface area contributed by atoms with Crippen LogP contribution in [0.25, 0.3) is 22.0 Å². The third kappa shape index (κ3) is 3.28. The van der Waals surface area contributed by atoms with Gasteiger partial charge in [-0.05, 0) is 54.4 Å². The monoisotopic (exact) mass is 434 g/mol. The number of pyridine rings is 1. The van der Waals surface area contributed by atoms with Crippen molar-refractivity contribution in [2.45, 2.75) is 20.0 Å². The number of aryl methyl sites for hydroxylation is 1. The Bertz CT molecular complexity index is 1340. The number of hydrogen-bond acceptors (Lipinski definition) is 4. The van der Waals surface area contributed by atoms with E-state index in [2.05, 4.69) is 10.1 Å². The minimum Gasteiger partial charge on any atom is -0.492 e. The van der Waals surface area contributed by atoms with Gasteiger partial charge >= 0.3 is 0 Å². The van der Waals surface area contributed by atoms with E-state index in [0.717, 1.165) is 5.39 Å². The SMILES string of the molecule is CCOc1ccc(-c2cc(F)c(CN3Cc4ncccc4C3=O)c(F)c2)c2cn(C)nc12. The maximum absolute atomic E-state index is 15.1. The molecule has 8 heteroatoms. The zero-order valence-electron chi connectivity index (χ0n) is 17.6. The topological polar surface area (TPSA) is 60.2 Å². The number of aromatic nitrogens is 3. The van der Waals surface area contributed by atoms with Gasteiger partial charge in [0.15, 0.2) is 0 Å². The maximum atomic E-state index is 15.1. The molecule has 0 saturated carbocycles. The van der Waals surface area contributed by atoms with Gasteiger partial charge in [-0.2, -0.15) is 5.10 Å². The molecule has 0 radical (unpaired) electrons. The second-order valence-electron chi connectivity index (χ2n) is 7.69. The molecule has 0 aliphatic carbocycles. The molecule has 32 heavy (non-hydrogen) atoms. The van der Waals surface area contributed by atoms with Crippen LogP contribution in [0.3, 0.4) is 0 Å². The predicted molar refractivity (Wildman–Crippen MR) is 115 cm³/mol. The standard InChI is InChI=1S/C24H20F2N4O2/c1-3-32-22-7-6-15(17-11-29(2)28-23(17)22)14-9-19(25)18(20(26)10-14)12-30-13-21-16(24(30)31)5-4-8-27-21/h4-11H,3,12-13H2,1-2H3. The van der Waals surface area contributed by atoms with Crippen LogP contribution in [0.5, 0.6) is 5.75 Å². The predicted octanol–water partition coefficient (Wildman–Crippen LogP) is 4.47. The van der Waals surface area contributed by atoms with Gasteiger partial charge in [-0.25, -0.2) is 8.78 Å². The summed E-state index contributed by atoms with van der Waals surface area (Å²) < 4.78 is 37.4. The van der Waals surface area contributed by atoms with E-state index in [0.29, 0.717) is 40.3 Å². The van der Waals surface area contributed by atoms with Crippen LogP contribution in [0.15, 0.2) is 48.8 Å². The van der Waals surface area contributed by atoms with Gasteiger partial charge in [0.05, 0.1) is 31.0 Å². The lowest BCUT2D eigenvalue weighted by Gasteiger charge is -2.17. The van der Waals surface area contributed by atoms with E-state index in [1.54, 1.807) is 48.4 Å². The van der Waals surface area contributed by atoms with Gasteiger partial charge in [0, 0.05) is 30.4 Å². The molecular weight excluding hydrogens is 414 g/mol. The van der Waals surface area contributed by atoms with E-state index in [9.17, 15) is 4.79 Å². The first kappa shape index (κ1) is 20.1. The summed E-state index contributed by atoms with van der Waals surface area (Å²) in [7, 11) is 1.78. The molecule has 0 fully saturated rings. The zero-order valence-corrected chi connectivity index (χ0v) is 17.6. The summed E-state index contributed by atoms with van der Waals surface area (Å²) in [5.74, 6) is -1.07. The van der Waals surface area contributed by atoms with Gasteiger partial charge in [0.25, 0.3) is 5.91 Å². The minimum absolute atomic E-state index is 0.150. The molecule has 6 nitrogen and oxygen atoms in total. The van der Waals surface area contributed by atoms with Crippen molar-refractivity contribution in [2.75, 3.05) is 6.61 Å². The van der Waals surface area contributed by atoms with Crippen molar-refractivity contribution in [1.29, 1.82) is 0 Å². The lowest BCUT2D eigenvalue weighted by molar-refractivity contribution is 0.0763. The summed E-state index contributed by atoms with van der Waals surface area (Å²) in [6.07, 6.45) is 3.39. The summed E-state index contributed by atoms with van der Waals surface area (Å²) in [5, 5.41) is 5.17. The normalized spacial score (nSPS) is 13.1. The van der Waals surface area contributed by atoms with E-state index < -0.39 is 11.6 Å². The quantitative estimate of drug-likeness (QED) is 0.465. The minimum atomic E-state index is -0.706. The number of hydrogen-bond donors (Lipinski definition) is 0. The molecule has 2 aromatic carbocycles. The highest BCUT2D eigenvalue weighted by Crippen LogP contribution is 2.35. The first-order valence-corrected chi connectivity index (χ1v) is 10.3. The Morgan fingerprint density at radius 2 is 1.91 bits per heavy atom. The lowest BCUT2D eigenvalue weighted by Crippen LogP contribution is -2.24. The van der Waals surface area contributed by atoms with Gasteiger partial charge in [0.2, 0.25) is 0 Å². The van der Waals surface area contributed by atoms with Crippen molar-refractivity contribution < 1.29 is 18.3 Å². The fourth-order valence-corrected chi connectivity index (χ4v) is 4.13. The molecule has 0 saturated heterocycles. The van der Waals surface area contributed by atoms with Crippen molar-refractivity contribution >= 4 is 16.8 Å². The summed E-state index contributed by atoms with van der Waals surface area (Å²) >= 11 is 0. The molecule has 2 aromatic heterocycles. The number of ether oxygens (including phenoxy) is 1. The fourth-order valence-electron chi connectivity index (χ4n) is 4.13. The van der Waals surface area contributed by atoms with Crippen molar-refractivity contribution in [3.63, 3.8) is 0 Å². The van der Waals surface area contributed by atoms with Crippen LogP contribution >= 0.6 is 0 Å². The third-order valence-corrected chi connectivity index (χ3v) is 5.60. The van der Waals surface area contributed by atoms with Crippen LogP contribution in [0, 0.1) is 11.6 Å². The second-order valence-corrected chi connectivity index (χ2v) is 7.69. The third-order valence-electron chi connectivity index (χ3n) is 5.60. The molecule has 5 rings (SSSR count). The Labute approximate surface area is 183 Å². The molecule has 0 N–H and O–H groups in total. The van der Waals surface area contributed by atoms with Crippen molar-refractivity contribution in [1.82, 2.24) is 19.7 Å². The number of benzene rings is 2. The molecule has 0 atom stereocenters. The Morgan fingerprint density at radius 3 is 2.62 bits per heavy atom. The molecule has 0 bridgehead atoms. The van der Waals surface area contributed by atoms with Gasteiger partial charge in [-0.3, -0.25) is 14.5 Å². The number of carbonyl (C=O) groups excluding carboxylic acids is 1. The Morgan fingerprint density at radius 1 is 1.12 bits per heavy atom. The highest BCUT2D eigenvalue weighted by Gasteiger charge is 2.29. The molecule has 3 heterocycles. The molecule has 4 aromatic rings. The Kier molecular flexibility index (Phi) is 4.84. The van der Waals surface area contributed by atoms with Crippen LogP contribution in [-0.4, -0.2) is 32.2 Å². The molecule has 1 aliphatic rings. The van der Waals surface area contributed by atoms with Crippen molar-refractivity contribution in [3.05, 3.63) is 77.2 Å². The second kappa shape index (κ2) is 7.71. The van der Waals surface area contributed by atoms with Crippen LogP contribution in [0.4, 0.5) is 8.78 Å². The van der Waals surface area contributed by atoms with E-state index in [1.807, 2.05) is 6.92 Å². The number of nitrogens with zero attached hydrogens (tertiary/aromatic N) is 4. The number of amides is 1. The van der Waals surface area contributed by atoms with Gasteiger partial charge in [-0.1, -0.05) is 0 Å². The molecule has 1 amide bonds. The zero-order chi connectivity index (χ0) is 22.4. The van der Waals surface area contributed by atoms with Crippen LogP contribution in [-0.2, 0) is 20.1 Å². The van der Waals surface area contributed by atoms with Crippen LogP contribution in [0.1, 0.15) is 28.5 Å². The molecule has 1 aliphatic heterocycles. The summed E-state index contributed by atoms with van der Waals surface area (Å²) in [5.41, 5.74) is 2.60. The first-order valence-electron chi connectivity index (χ1n) is 10.3. The summed E-state index contributed by atoms with van der Waals surface area (Å²) in [6, 6.07) is 9.47. The molecule has 0 spiro atoms. The average Bonchev–Trinajstić information content (AvgIpc) is 3.31. The van der Waals surface area contributed by atoms with Crippen molar-refractivity contribution in [2.24, 2.45) is 7.05 Å². The van der Waals surface area contributed by atoms with Crippen LogP contribution in [0.2, 0.25) is 0 Å². The molecule has 0 unspecified atom stereocenters. The molecule has 162 valence electrons. The summed E-state index contributed by atoms with van der Waals surface area (Å²) in [6.45, 7) is 2.42. The van der Waals surface area contributed by atoms with E-state index >= 15 is 8.78 Å². The lowest BCUT2D eigenvalue weighted by atomic mass is 9.99. The number of fused-ring (bicyclic) bond motifs is 2. The van der Waals surface area contributed by atoms with E-state index in [4.69, 9.17) is 4.74 Å². The number of rotatable bonds is 5. The van der Waals surface area contributed by atoms with Gasteiger partial charge < -0.3 is 9.64 Å². The van der Waals surface area contributed by atoms with Gasteiger partial charge in [-0.15, -0.1) is 0 Å². The molecular formula is C24H20F2N4O2. The first-order chi connectivity index (χ1) is 15.5. The number of carbonyl (C=O) groups is 1.